The van der Waals surface area contributed by atoms with E-state index in [1.807, 2.05) is 29.2 Å². The van der Waals surface area contributed by atoms with Crippen LogP contribution in [0.1, 0.15) is 31.2 Å². The van der Waals surface area contributed by atoms with E-state index in [4.69, 9.17) is 9.72 Å². The Kier molecular flexibility index (Phi) is 5.84. The number of rotatable bonds is 6. The van der Waals surface area contributed by atoms with Crippen LogP contribution >= 0.6 is 23.1 Å². The fourth-order valence-electron chi connectivity index (χ4n) is 4.65. The number of pyridine rings is 1. The molecule has 0 saturated carbocycles. The lowest BCUT2D eigenvalue weighted by molar-refractivity contribution is -0.117. The number of hydrogen-bond donors (Lipinski definition) is 0. The van der Waals surface area contributed by atoms with E-state index in [2.05, 4.69) is 17.1 Å². The fourth-order valence-corrected chi connectivity index (χ4v) is 6.63. The van der Waals surface area contributed by atoms with Crippen molar-refractivity contribution >= 4 is 55.1 Å². The lowest BCUT2D eigenvalue weighted by Crippen LogP contribution is -2.28. The van der Waals surface area contributed by atoms with Gasteiger partial charge in [-0.3, -0.25) is 14.2 Å². The Hall–Kier alpha value is -2.75. The maximum Gasteiger partial charge on any atom is 0.272 e. The fraction of sp³-hybridized carbons (Fsp3) is 0.360. The van der Waals surface area contributed by atoms with Crippen molar-refractivity contribution in [2.24, 2.45) is 0 Å². The number of benzene rings is 1. The smallest absolute Gasteiger partial charge is 0.272 e. The zero-order chi connectivity index (χ0) is 23.1. The number of aromatic nitrogens is 3. The number of ether oxygens (including phenoxy) is 1. The van der Waals surface area contributed by atoms with Gasteiger partial charge >= 0.3 is 0 Å². The van der Waals surface area contributed by atoms with Crippen molar-refractivity contribution in [2.75, 3.05) is 18.1 Å². The van der Waals surface area contributed by atoms with Crippen LogP contribution in [0.25, 0.3) is 20.4 Å². The highest BCUT2D eigenvalue weighted by Crippen LogP contribution is 2.32. The van der Waals surface area contributed by atoms with Gasteiger partial charge in [-0.05, 0) is 49.1 Å². The number of hydrogen-bond acceptors (Lipinski definition) is 7. The summed E-state index contributed by atoms with van der Waals surface area (Å²) in [5.74, 6) is 0.869. The third-order valence-electron chi connectivity index (χ3n) is 6.42. The van der Waals surface area contributed by atoms with Crippen LogP contribution in [0.15, 0.2) is 52.5 Å². The van der Waals surface area contributed by atoms with Crippen molar-refractivity contribution in [3.05, 3.63) is 58.5 Å². The monoisotopic (exact) mass is 492 g/mol. The molecular weight excluding hydrogens is 468 g/mol. The van der Waals surface area contributed by atoms with Gasteiger partial charge in [-0.25, -0.2) is 9.97 Å². The minimum absolute atomic E-state index is 0.0195. The Morgan fingerprint density at radius 3 is 2.79 bits per heavy atom. The molecule has 9 heteroatoms. The molecule has 34 heavy (non-hydrogen) atoms. The van der Waals surface area contributed by atoms with E-state index in [0.717, 1.165) is 59.4 Å². The van der Waals surface area contributed by atoms with Crippen molar-refractivity contribution in [3.63, 3.8) is 0 Å². The van der Waals surface area contributed by atoms with Gasteiger partial charge in [-0.15, -0.1) is 11.3 Å². The number of carbonyl (C=O) groups excluding carboxylic acids is 1. The number of carbonyl (C=O) groups is 1. The molecule has 2 fully saturated rings. The van der Waals surface area contributed by atoms with E-state index >= 15 is 0 Å². The molecule has 2 saturated heterocycles. The van der Waals surface area contributed by atoms with Crippen molar-refractivity contribution < 1.29 is 9.53 Å². The molecule has 6 rings (SSSR count). The molecule has 7 nitrogen and oxygen atoms in total. The van der Waals surface area contributed by atoms with Gasteiger partial charge in [0.25, 0.3) is 5.56 Å². The number of thioether (sulfide) groups is 1. The van der Waals surface area contributed by atoms with Crippen LogP contribution in [0.5, 0.6) is 0 Å². The average Bonchev–Trinajstić information content (AvgIpc) is 3.61. The van der Waals surface area contributed by atoms with Gasteiger partial charge < -0.3 is 9.64 Å². The van der Waals surface area contributed by atoms with Gasteiger partial charge in [-0.2, -0.15) is 0 Å². The summed E-state index contributed by atoms with van der Waals surface area (Å²) in [6, 6.07) is 12.0. The molecule has 3 aromatic heterocycles. The van der Waals surface area contributed by atoms with E-state index in [0.29, 0.717) is 28.6 Å². The lowest BCUT2D eigenvalue weighted by atomic mass is 10.2. The van der Waals surface area contributed by atoms with E-state index in [1.165, 1.54) is 11.3 Å². The maximum atomic E-state index is 13.5. The Bertz CT molecular complexity index is 1420. The molecule has 0 spiro atoms. The van der Waals surface area contributed by atoms with Gasteiger partial charge in [0, 0.05) is 42.6 Å². The molecule has 5 heterocycles. The van der Waals surface area contributed by atoms with Crippen LogP contribution in [0.4, 0.5) is 5.69 Å². The van der Waals surface area contributed by atoms with Gasteiger partial charge in [0.1, 0.15) is 9.53 Å². The molecule has 174 valence electrons. The predicted octanol–water partition coefficient (Wildman–Crippen LogP) is 4.60. The summed E-state index contributed by atoms with van der Waals surface area (Å²) in [6.45, 7) is 2.05. The Labute approximate surface area is 204 Å². The first kappa shape index (κ1) is 21.8. The molecule has 0 bridgehead atoms. The zero-order valence-corrected chi connectivity index (χ0v) is 20.2. The second-order valence-corrected chi connectivity index (χ2v) is 10.6. The summed E-state index contributed by atoms with van der Waals surface area (Å²) in [5, 5.41) is 1.63. The molecule has 2 aliphatic rings. The van der Waals surface area contributed by atoms with Gasteiger partial charge in [0.2, 0.25) is 5.91 Å². The predicted molar refractivity (Wildman–Crippen MR) is 136 cm³/mol. The SMILES string of the molecule is O=C1CCCN1c1ccc(CSc2nc3c(sc4ncccc43)c(=O)n2C[C@H]2CCCO2)cc1. The second-order valence-electron chi connectivity index (χ2n) is 8.69. The van der Waals surface area contributed by atoms with Crippen LogP contribution in [-0.2, 0) is 21.8 Å². The maximum absolute atomic E-state index is 13.5. The Balaban J connectivity index is 1.32. The first-order valence-electron chi connectivity index (χ1n) is 11.6. The summed E-state index contributed by atoms with van der Waals surface area (Å²) in [6.07, 6.45) is 5.31. The third kappa shape index (κ3) is 4.01. The number of nitrogens with zero attached hydrogens (tertiary/aromatic N) is 4. The lowest BCUT2D eigenvalue weighted by Gasteiger charge is -2.17. The number of thiophene rings is 1. The summed E-state index contributed by atoms with van der Waals surface area (Å²) in [7, 11) is 0. The molecule has 0 aliphatic carbocycles. The Morgan fingerprint density at radius 1 is 1.15 bits per heavy atom. The topological polar surface area (TPSA) is 77.3 Å². The van der Waals surface area contributed by atoms with Crippen LogP contribution in [-0.4, -0.2) is 39.7 Å². The normalized spacial score (nSPS) is 18.5. The number of fused-ring (bicyclic) bond motifs is 3. The quantitative estimate of drug-likeness (QED) is 0.289. The molecule has 4 aromatic rings. The van der Waals surface area contributed by atoms with Crippen LogP contribution in [0, 0.1) is 0 Å². The molecule has 1 aromatic carbocycles. The van der Waals surface area contributed by atoms with Crippen LogP contribution in [0.2, 0.25) is 0 Å². The van der Waals surface area contributed by atoms with Gasteiger partial charge in [0.15, 0.2) is 5.16 Å². The van der Waals surface area contributed by atoms with Gasteiger partial charge in [0.05, 0.1) is 18.2 Å². The molecule has 0 N–H and O–H groups in total. The van der Waals surface area contributed by atoms with E-state index in [-0.39, 0.29) is 17.6 Å². The summed E-state index contributed by atoms with van der Waals surface area (Å²) in [5.41, 5.74) is 2.78. The highest BCUT2D eigenvalue weighted by molar-refractivity contribution is 7.98. The van der Waals surface area contributed by atoms with Gasteiger partial charge in [-0.1, -0.05) is 23.9 Å². The molecule has 0 radical (unpaired) electrons. The minimum atomic E-state index is -0.0195. The largest absolute Gasteiger partial charge is 0.376 e. The highest BCUT2D eigenvalue weighted by Gasteiger charge is 2.23. The van der Waals surface area contributed by atoms with E-state index in [9.17, 15) is 9.59 Å². The first-order valence-corrected chi connectivity index (χ1v) is 13.4. The molecule has 2 aliphatic heterocycles. The number of amides is 1. The van der Waals surface area contributed by atoms with Crippen molar-refractivity contribution in [2.45, 2.75) is 49.2 Å². The molecule has 1 atom stereocenters. The summed E-state index contributed by atoms with van der Waals surface area (Å²) >= 11 is 2.97. The molecule has 1 amide bonds. The van der Waals surface area contributed by atoms with Crippen molar-refractivity contribution in [1.29, 1.82) is 0 Å². The minimum Gasteiger partial charge on any atom is -0.376 e. The number of anilines is 1. The van der Waals surface area contributed by atoms with E-state index < -0.39 is 0 Å². The molecular formula is C25H24N4O3S2. The zero-order valence-electron chi connectivity index (χ0n) is 18.6. The van der Waals surface area contributed by atoms with Crippen molar-refractivity contribution in [1.82, 2.24) is 14.5 Å². The highest BCUT2D eigenvalue weighted by atomic mass is 32.2. The van der Waals surface area contributed by atoms with Crippen LogP contribution < -0.4 is 10.5 Å². The third-order valence-corrected chi connectivity index (χ3v) is 8.56. The summed E-state index contributed by atoms with van der Waals surface area (Å²) in [4.78, 5) is 37.6. The summed E-state index contributed by atoms with van der Waals surface area (Å²) < 4.78 is 8.27. The first-order chi connectivity index (χ1) is 16.7. The van der Waals surface area contributed by atoms with E-state index in [1.54, 1.807) is 22.5 Å². The Morgan fingerprint density at radius 2 is 2.03 bits per heavy atom. The average molecular weight is 493 g/mol. The van der Waals surface area contributed by atoms with Crippen molar-refractivity contribution in [3.8, 4) is 0 Å². The molecule has 0 unspecified atom stereocenters. The van der Waals surface area contributed by atoms with Crippen LogP contribution in [0.3, 0.4) is 0 Å². The second kappa shape index (κ2) is 9.13. The standard InChI is InChI=1S/C25H24N4O3S2/c30-20-6-2-12-28(20)17-9-7-16(8-10-17)15-33-25-27-21-19-5-1-11-26-23(19)34-22(21)24(31)29(25)14-18-4-3-13-32-18/h1,5,7-11,18H,2-4,6,12-15H2/t18-/m1/s1.